The lowest BCUT2D eigenvalue weighted by Gasteiger charge is -2.25. The van der Waals surface area contributed by atoms with Crippen LogP contribution in [0.3, 0.4) is 0 Å². The van der Waals surface area contributed by atoms with Crippen LogP contribution in [0.5, 0.6) is 0 Å². The molecule has 7 nitrogen and oxygen atoms in total. The molecule has 3 heterocycles. The number of benzene rings is 1. The van der Waals surface area contributed by atoms with Gasteiger partial charge in [-0.25, -0.2) is 4.98 Å². The summed E-state index contributed by atoms with van der Waals surface area (Å²) in [5.41, 5.74) is 2.74. The molecule has 3 atom stereocenters. The molecule has 1 aromatic carbocycles. The Bertz CT molecular complexity index is 1250. The minimum Gasteiger partial charge on any atom is -0.328 e. The van der Waals surface area contributed by atoms with Crippen molar-refractivity contribution in [3.05, 3.63) is 65.2 Å². The van der Waals surface area contributed by atoms with Crippen molar-refractivity contribution in [1.29, 1.82) is 0 Å². The molecule has 6 rings (SSSR count). The van der Waals surface area contributed by atoms with Crippen molar-refractivity contribution < 1.29 is 0 Å². The van der Waals surface area contributed by atoms with E-state index in [4.69, 9.17) is 4.98 Å². The third-order valence-electron chi connectivity index (χ3n) is 6.85. The molecule has 3 aliphatic rings. The lowest BCUT2D eigenvalue weighted by Crippen LogP contribution is -2.28. The first-order chi connectivity index (χ1) is 15.2. The molecule has 0 radical (unpaired) electrons. The fourth-order valence-corrected chi connectivity index (χ4v) is 5.37. The Hall–Kier alpha value is -3.48. The molecule has 31 heavy (non-hydrogen) atoms. The maximum absolute atomic E-state index is 12.8. The molecule has 1 aliphatic heterocycles. The van der Waals surface area contributed by atoms with E-state index in [9.17, 15) is 4.79 Å². The summed E-state index contributed by atoms with van der Waals surface area (Å²) in [6, 6.07) is 11.8. The summed E-state index contributed by atoms with van der Waals surface area (Å²) in [4.78, 5) is 28.4. The average Bonchev–Trinajstić information content (AvgIpc) is 3.44. The highest BCUT2D eigenvalue weighted by molar-refractivity contribution is 5.76. The predicted molar refractivity (Wildman–Crippen MR) is 123 cm³/mol. The highest BCUT2D eigenvalue weighted by Crippen LogP contribution is 2.50. The van der Waals surface area contributed by atoms with Gasteiger partial charge in [-0.3, -0.25) is 14.4 Å². The van der Waals surface area contributed by atoms with E-state index in [1.807, 2.05) is 47.2 Å². The van der Waals surface area contributed by atoms with Crippen LogP contribution in [0.1, 0.15) is 31.7 Å². The fraction of sp³-hybridized carbons (Fsp3) is 0.333. The maximum Gasteiger partial charge on any atom is 0.252 e. The minimum atomic E-state index is 0.0382. The molecule has 2 fully saturated rings. The number of hydrogen-bond donors (Lipinski definition) is 1. The second-order valence-corrected chi connectivity index (χ2v) is 8.71. The molecule has 2 saturated carbocycles. The van der Waals surface area contributed by atoms with Gasteiger partial charge in [0.25, 0.3) is 5.56 Å². The summed E-state index contributed by atoms with van der Waals surface area (Å²) in [5.74, 6) is 1.86. The van der Waals surface area contributed by atoms with Crippen molar-refractivity contribution in [2.24, 2.45) is 16.8 Å². The summed E-state index contributed by atoms with van der Waals surface area (Å²) in [6.45, 7) is 0.623. The summed E-state index contributed by atoms with van der Waals surface area (Å²) < 4.78 is 1.93. The highest BCUT2D eigenvalue weighted by Gasteiger charge is 2.41. The SMILES string of the molecule is O=c1ccc2cnc(Nc3ccc(N4C=CC=NC4)cc3)nc2n1C1CC2CCC1C2. The molecule has 7 heteroatoms. The van der Waals surface area contributed by atoms with Gasteiger partial charge in [0.1, 0.15) is 12.3 Å². The second-order valence-electron chi connectivity index (χ2n) is 8.71. The van der Waals surface area contributed by atoms with Crippen LogP contribution in [0.25, 0.3) is 11.0 Å². The van der Waals surface area contributed by atoms with Gasteiger partial charge in [0.15, 0.2) is 0 Å². The summed E-state index contributed by atoms with van der Waals surface area (Å²) >= 11 is 0. The molecule has 2 bridgehead atoms. The first kappa shape index (κ1) is 18.3. The zero-order valence-electron chi connectivity index (χ0n) is 17.2. The Morgan fingerprint density at radius 3 is 2.68 bits per heavy atom. The molecule has 3 unspecified atom stereocenters. The van der Waals surface area contributed by atoms with E-state index in [2.05, 4.69) is 20.2 Å². The van der Waals surface area contributed by atoms with Gasteiger partial charge in [-0.05, 0) is 67.5 Å². The van der Waals surface area contributed by atoms with Crippen LogP contribution < -0.4 is 15.8 Å². The van der Waals surface area contributed by atoms with Gasteiger partial charge in [-0.2, -0.15) is 4.98 Å². The molecule has 0 saturated heterocycles. The Morgan fingerprint density at radius 2 is 1.94 bits per heavy atom. The summed E-state index contributed by atoms with van der Waals surface area (Å²) in [6.07, 6.45) is 12.4. The normalized spacial score (nSPS) is 24.3. The number of aliphatic imine (C=N–C) groups is 1. The summed E-state index contributed by atoms with van der Waals surface area (Å²) in [7, 11) is 0. The third kappa shape index (κ3) is 3.30. The van der Waals surface area contributed by atoms with Gasteiger partial charge in [0.05, 0.1) is 0 Å². The predicted octanol–water partition coefficient (Wildman–Crippen LogP) is 4.26. The zero-order chi connectivity index (χ0) is 20.8. The van der Waals surface area contributed by atoms with E-state index in [0.29, 0.717) is 18.5 Å². The molecule has 3 aromatic rings. The van der Waals surface area contributed by atoms with Gasteiger partial charge in [0.2, 0.25) is 5.95 Å². The van der Waals surface area contributed by atoms with Crippen LogP contribution >= 0.6 is 0 Å². The Balaban J connectivity index is 1.30. The van der Waals surface area contributed by atoms with E-state index in [-0.39, 0.29) is 11.6 Å². The average molecular weight is 412 g/mol. The molecule has 1 N–H and O–H groups in total. The number of rotatable bonds is 4. The first-order valence-corrected chi connectivity index (χ1v) is 10.9. The van der Waals surface area contributed by atoms with Crippen molar-refractivity contribution in [2.75, 3.05) is 16.9 Å². The lowest BCUT2D eigenvalue weighted by atomic mass is 9.95. The Labute approximate surface area is 180 Å². The number of fused-ring (bicyclic) bond motifs is 3. The number of hydrogen-bond acceptors (Lipinski definition) is 6. The topological polar surface area (TPSA) is 75.4 Å². The van der Waals surface area contributed by atoms with E-state index in [0.717, 1.165) is 34.7 Å². The Morgan fingerprint density at radius 1 is 1.03 bits per heavy atom. The van der Waals surface area contributed by atoms with E-state index < -0.39 is 0 Å². The van der Waals surface area contributed by atoms with Crippen LogP contribution in [0.15, 0.2) is 64.7 Å². The van der Waals surface area contributed by atoms with Gasteiger partial charge in [0, 0.05) is 47.5 Å². The van der Waals surface area contributed by atoms with Gasteiger partial charge < -0.3 is 10.2 Å². The van der Waals surface area contributed by atoms with Crippen LogP contribution in [0.4, 0.5) is 17.3 Å². The van der Waals surface area contributed by atoms with E-state index >= 15 is 0 Å². The number of pyridine rings is 1. The maximum atomic E-state index is 12.8. The van der Waals surface area contributed by atoms with Crippen molar-refractivity contribution >= 4 is 34.6 Å². The van der Waals surface area contributed by atoms with Crippen LogP contribution in [-0.2, 0) is 0 Å². The van der Waals surface area contributed by atoms with E-state index in [1.54, 1.807) is 18.5 Å². The largest absolute Gasteiger partial charge is 0.328 e. The van der Waals surface area contributed by atoms with Crippen LogP contribution in [0, 0.1) is 11.8 Å². The van der Waals surface area contributed by atoms with Crippen LogP contribution in [-0.4, -0.2) is 27.4 Å². The lowest BCUT2D eigenvalue weighted by molar-refractivity contribution is 0.329. The minimum absolute atomic E-state index is 0.0382. The van der Waals surface area contributed by atoms with Crippen molar-refractivity contribution in [1.82, 2.24) is 14.5 Å². The third-order valence-corrected chi connectivity index (χ3v) is 6.85. The monoisotopic (exact) mass is 412 g/mol. The molecule has 2 aromatic heterocycles. The molecule has 0 spiro atoms. The van der Waals surface area contributed by atoms with Crippen LogP contribution in [0.2, 0.25) is 0 Å². The van der Waals surface area contributed by atoms with Gasteiger partial charge >= 0.3 is 0 Å². The molecule has 0 amide bonds. The second kappa shape index (κ2) is 7.34. The smallest absolute Gasteiger partial charge is 0.252 e. The highest BCUT2D eigenvalue weighted by atomic mass is 16.1. The number of aromatic nitrogens is 3. The molecular formula is C24H24N6O. The van der Waals surface area contributed by atoms with Gasteiger partial charge in [-0.15, -0.1) is 0 Å². The summed E-state index contributed by atoms with van der Waals surface area (Å²) in [5, 5.41) is 4.20. The Kier molecular flexibility index (Phi) is 4.33. The number of nitrogens with one attached hydrogen (secondary N) is 1. The number of nitrogens with zero attached hydrogens (tertiary/aromatic N) is 5. The van der Waals surface area contributed by atoms with E-state index in [1.165, 1.54) is 19.3 Å². The van der Waals surface area contributed by atoms with Crippen molar-refractivity contribution in [2.45, 2.75) is 31.7 Å². The first-order valence-electron chi connectivity index (χ1n) is 10.9. The van der Waals surface area contributed by atoms with Gasteiger partial charge in [-0.1, -0.05) is 6.42 Å². The van der Waals surface area contributed by atoms with Crippen molar-refractivity contribution in [3.63, 3.8) is 0 Å². The molecule has 2 aliphatic carbocycles. The standard InChI is InChI=1S/C24H24N6O/c31-22-9-4-18-14-26-24(28-23(18)30(22)21-13-16-2-3-17(21)12-16)27-19-5-7-20(8-6-19)29-11-1-10-25-15-29/h1,4-11,14,16-17,21H,2-3,12-13,15H2,(H,26,27,28). The molecule has 156 valence electrons. The number of anilines is 3. The van der Waals surface area contributed by atoms with Crippen molar-refractivity contribution in [3.8, 4) is 0 Å². The quantitative estimate of drug-likeness (QED) is 0.693. The number of allylic oxidation sites excluding steroid dienone is 1. The molecular weight excluding hydrogens is 388 g/mol. The zero-order valence-corrected chi connectivity index (χ0v) is 17.2. The fourth-order valence-electron chi connectivity index (χ4n) is 5.37.